The highest BCUT2D eigenvalue weighted by molar-refractivity contribution is 9.13. The molecule has 0 radical (unpaired) electrons. The van der Waals surface area contributed by atoms with E-state index >= 15 is 0 Å². The van der Waals surface area contributed by atoms with Gasteiger partial charge in [-0.05, 0) is 74.9 Å². The first-order valence-corrected chi connectivity index (χ1v) is 8.08. The van der Waals surface area contributed by atoms with Crippen molar-refractivity contribution in [2.45, 2.75) is 32.4 Å². The third-order valence-corrected chi connectivity index (χ3v) is 5.72. The van der Waals surface area contributed by atoms with Crippen LogP contribution in [0.15, 0.2) is 27.1 Å². The molecule has 1 saturated heterocycles. The van der Waals surface area contributed by atoms with E-state index in [0.29, 0.717) is 12.0 Å². The summed E-state index contributed by atoms with van der Waals surface area (Å²) in [6, 6.07) is 7.00. The van der Waals surface area contributed by atoms with Gasteiger partial charge in [0.05, 0.1) is 0 Å². The molecule has 2 atom stereocenters. The number of nitrogens with zero attached hydrogens (tertiary/aromatic N) is 1. The molecule has 0 spiro atoms. The maximum Gasteiger partial charge on any atom is 0.0320 e. The number of likely N-dealkylation sites (tertiary alicyclic amines) is 1. The van der Waals surface area contributed by atoms with Crippen molar-refractivity contribution in [3.8, 4) is 0 Å². The van der Waals surface area contributed by atoms with Gasteiger partial charge in [-0.3, -0.25) is 4.90 Å². The Bertz CT molecular complexity index is 409. The van der Waals surface area contributed by atoms with Crippen LogP contribution in [0.1, 0.15) is 25.3 Å². The number of hydrogen-bond donors (Lipinski definition) is 1. The lowest BCUT2D eigenvalue weighted by Crippen LogP contribution is -2.47. The largest absolute Gasteiger partial charge is 0.329 e. The number of piperidine rings is 1. The second-order valence-corrected chi connectivity index (χ2v) is 6.85. The number of hydrogen-bond acceptors (Lipinski definition) is 2. The third kappa shape index (κ3) is 3.35. The van der Waals surface area contributed by atoms with Crippen molar-refractivity contribution in [1.29, 1.82) is 0 Å². The zero-order chi connectivity index (χ0) is 13.1. The topological polar surface area (TPSA) is 29.3 Å². The lowest BCUT2D eigenvalue weighted by atomic mass is 9.90. The average molecular weight is 376 g/mol. The van der Waals surface area contributed by atoms with Gasteiger partial charge in [0.2, 0.25) is 0 Å². The molecular formula is C14H20Br2N2. The Morgan fingerprint density at radius 3 is 2.78 bits per heavy atom. The minimum atomic E-state index is 0.529. The van der Waals surface area contributed by atoms with Gasteiger partial charge in [0.1, 0.15) is 0 Å². The van der Waals surface area contributed by atoms with Gasteiger partial charge < -0.3 is 5.73 Å². The van der Waals surface area contributed by atoms with E-state index in [1.165, 1.54) is 24.9 Å². The van der Waals surface area contributed by atoms with Crippen molar-refractivity contribution in [2.24, 2.45) is 11.7 Å². The molecule has 2 unspecified atom stereocenters. The minimum absolute atomic E-state index is 0.529. The fourth-order valence-electron chi connectivity index (χ4n) is 2.78. The molecule has 18 heavy (non-hydrogen) atoms. The lowest BCUT2D eigenvalue weighted by Gasteiger charge is -2.39. The molecule has 2 nitrogen and oxygen atoms in total. The summed E-state index contributed by atoms with van der Waals surface area (Å²) in [5.41, 5.74) is 7.28. The third-order valence-electron chi connectivity index (χ3n) is 3.84. The Kier molecular flexibility index (Phi) is 5.24. The van der Waals surface area contributed by atoms with E-state index in [2.05, 4.69) is 61.9 Å². The zero-order valence-corrected chi connectivity index (χ0v) is 13.9. The first-order chi connectivity index (χ1) is 8.61. The molecule has 0 bridgehead atoms. The Labute approximate surface area is 126 Å². The van der Waals surface area contributed by atoms with Gasteiger partial charge in [-0.1, -0.05) is 13.0 Å². The zero-order valence-electron chi connectivity index (χ0n) is 10.7. The van der Waals surface area contributed by atoms with Gasteiger partial charge in [0.25, 0.3) is 0 Å². The molecule has 0 saturated carbocycles. The van der Waals surface area contributed by atoms with E-state index in [1.807, 2.05) is 0 Å². The summed E-state index contributed by atoms with van der Waals surface area (Å²) in [7, 11) is 0. The van der Waals surface area contributed by atoms with Crippen molar-refractivity contribution >= 4 is 31.9 Å². The standard InChI is InChI=1S/C14H20Br2N2/c1-10-3-2-6-18(14(10)8-17)9-11-4-5-12(15)13(16)7-11/h4-5,7,10,14H,2-3,6,8-9,17H2,1H3. The molecule has 4 heteroatoms. The summed E-state index contributed by atoms with van der Waals surface area (Å²) in [5.74, 6) is 0.711. The number of nitrogens with two attached hydrogens (primary N) is 1. The predicted octanol–water partition coefficient (Wildman–Crippen LogP) is 3.77. The fourth-order valence-corrected chi connectivity index (χ4v) is 3.46. The van der Waals surface area contributed by atoms with E-state index in [-0.39, 0.29) is 0 Å². The van der Waals surface area contributed by atoms with Crippen LogP contribution in [0.3, 0.4) is 0 Å². The van der Waals surface area contributed by atoms with Crippen molar-refractivity contribution in [2.75, 3.05) is 13.1 Å². The van der Waals surface area contributed by atoms with Crippen molar-refractivity contribution in [1.82, 2.24) is 4.90 Å². The van der Waals surface area contributed by atoms with Crippen molar-refractivity contribution in [3.63, 3.8) is 0 Å². The summed E-state index contributed by atoms with van der Waals surface area (Å²) in [6.45, 7) is 5.25. The van der Waals surface area contributed by atoms with Gasteiger partial charge in [-0.15, -0.1) is 0 Å². The summed E-state index contributed by atoms with van der Waals surface area (Å²) in [4.78, 5) is 2.53. The molecule has 0 aliphatic carbocycles. The first kappa shape index (κ1) is 14.5. The molecule has 2 rings (SSSR count). The molecule has 2 N–H and O–H groups in total. The smallest absolute Gasteiger partial charge is 0.0320 e. The number of benzene rings is 1. The average Bonchev–Trinajstić information content (AvgIpc) is 2.34. The maximum atomic E-state index is 5.93. The van der Waals surface area contributed by atoms with Crippen LogP contribution in [0.4, 0.5) is 0 Å². The summed E-state index contributed by atoms with van der Waals surface area (Å²) in [6.07, 6.45) is 2.60. The maximum absolute atomic E-state index is 5.93. The molecule has 1 aliphatic rings. The summed E-state index contributed by atoms with van der Waals surface area (Å²) < 4.78 is 2.22. The first-order valence-electron chi connectivity index (χ1n) is 6.50. The Balaban J connectivity index is 2.09. The highest BCUT2D eigenvalue weighted by atomic mass is 79.9. The second-order valence-electron chi connectivity index (χ2n) is 5.14. The van der Waals surface area contributed by atoms with Crippen LogP contribution >= 0.6 is 31.9 Å². The Morgan fingerprint density at radius 2 is 2.11 bits per heavy atom. The molecule has 1 aromatic rings. The van der Waals surface area contributed by atoms with Gasteiger partial charge in [-0.2, -0.15) is 0 Å². The fraction of sp³-hybridized carbons (Fsp3) is 0.571. The molecule has 1 fully saturated rings. The molecule has 1 aromatic carbocycles. The molecule has 0 aromatic heterocycles. The molecule has 1 heterocycles. The Hall–Kier alpha value is 0.1000. The van der Waals surface area contributed by atoms with E-state index < -0.39 is 0 Å². The molecular weight excluding hydrogens is 356 g/mol. The van der Waals surface area contributed by atoms with Crippen LogP contribution < -0.4 is 5.73 Å². The quantitative estimate of drug-likeness (QED) is 0.871. The van der Waals surface area contributed by atoms with E-state index in [4.69, 9.17) is 5.73 Å². The van der Waals surface area contributed by atoms with E-state index in [9.17, 15) is 0 Å². The normalized spacial score (nSPS) is 25.3. The number of rotatable bonds is 3. The SMILES string of the molecule is CC1CCCN(Cc2ccc(Br)c(Br)c2)C1CN. The van der Waals surface area contributed by atoms with Gasteiger partial charge >= 0.3 is 0 Å². The summed E-state index contributed by atoms with van der Waals surface area (Å²) in [5, 5.41) is 0. The molecule has 100 valence electrons. The van der Waals surface area contributed by atoms with Gasteiger partial charge in [0, 0.05) is 28.1 Å². The van der Waals surface area contributed by atoms with Crippen LogP contribution in [-0.4, -0.2) is 24.0 Å². The van der Waals surface area contributed by atoms with Gasteiger partial charge in [0.15, 0.2) is 0 Å². The van der Waals surface area contributed by atoms with E-state index in [1.54, 1.807) is 0 Å². The van der Waals surface area contributed by atoms with Crippen LogP contribution in [0, 0.1) is 5.92 Å². The summed E-state index contributed by atoms with van der Waals surface area (Å²) >= 11 is 7.07. The van der Waals surface area contributed by atoms with Crippen LogP contribution in [0.2, 0.25) is 0 Å². The van der Waals surface area contributed by atoms with Gasteiger partial charge in [-0.25, -0.2) is 0 Å². The molecule has 1 aliphatic heterocycles. The van der Waals surface area contributed by atoms with Crippen molar-refractivity contribution < 1.29 is 0 Å². The van der Waals surface area contributed by atoms with Crippen molar-refractivity contribution in [3.05, 3.63) is 32.7 Å². The predicted molar refractivity (Wildman–Crippen MR) is 83.5 cm³/mol. The second kappa shape index (κ2) is 6.51. The van der Waals surface area contributed by atoms with E-state index in [0.717, 1.165) is 22.0 Å². The minimum Gasteiger partial charge on any atom is -0.329 e. The van der Waals surface area contributed by atoms with Crippen LogP contribution in [-0.2, 0) is 6.54 Å². The Morgan fingerprint density at radius 1 is 1.33 bits per heavy atom. The highest BCUT2D eigenvalue weighted by Gasteiger charge is 2.27. The lowest BCUT2D eigenvalue weighted by molar-refractivity contribution is 0.0990. The highest BCUT2D eigenvalue weighted by Crippen LogP contribution is 2.27. The molecule has 0 amide bonds. The van der Waals surface area contributed by atoms with Crippen LogP contribution in [0.5, 0.6) is 0 Å². The monoisotopic (exact) mass is 374 g/mol. The van der Waals surface area contributed by atoms with Crippen LogP contribution in [0.25, 0.3) is 0 Å². The number of halogens is 2.